The Morgan fingerprint density at radius 2 is 1.90 bits per heavy atom. The molecule has 2 N–H and O–H groups in total. The highest BCUT2D eigenvalue weighted by Crippen LogP contribution is 2.51. The van der Waals surface area contributed by atoms with Crippen molar-refractivity contribution in [1.29, 1.82) is 0 Å². The molecule has 0 bridgehead atoms. The average Bonchev–Trinajstić information content (AvgIpc) is 2.70. The van der Waals surface area contributed by atoms with Crippen LogP contribution in [0.25, 0.3) is 0 Å². The number of hydrogen-bond acceptors (Lipinski definition) is 2. The van der Waals surface area contributed by atoms with Gasteiger partial charge < -0.3 is 10.5 Å². The molecular weight excluding hydrogens is 253 g/mol. The highest BCUT2D eigenvalue weighted by atomic mass is 19.1. The molecule has 0 heterocycles. The summed E-state index contributed by atoms with van der Waals surface area (Å²) in [6.45, 7) is 1.96. The molecule has 2 saturated carbocycles. The van der Waals surface area contributed by atoms with Gasteiger partial charge in [-0.05, 0) is 37.5 Å². The zero-order chi connectivity index (χ0) is 14.2. The number of halogens is 1. The predicted molar refractivity (Wildman–Crippen MR) is 78.3 cm³/mol. The largest absolute Gasteiger partial charge is 0.487 e. The Bertz CT molecular complexity index is 480. The van der Waals surface area contributed by atoms with Crippen LogP contribution in [0.4, 0.5) is 4.39 Å². The Morgan fingerprint density at radius 3 is 2.55 bits per heavy atom. The van der Waals surface area contributed by atoms with Crippen molar-refractivity contribution in [3.63, 3.8) is 0 Å². The molecule has 3 heteroatoms. The first-order valence-corrected chi connectivity index (χ1v) is 7.80. The van der Waals surface area contributed by atoms with Crippen molar-refractivity contribution in [1.82, 2.24) is 0 Å². The van der Waals surface area contributed by atoms with Gasteiger partial charge in [-0.2, -0.15) is 0 Å². The van der Waals surface area contributed by atoms with Crippen LogP contribution in [-0.2, 0) is 0 Å². The van der Waals surface area contributed by atoms with Crippen LogP contribution < -0.4 is 10.5 Å². The smallest absolute Gasteiger partial charge is 0.165 e. The lowest BCUT2D eigenvalue weighted by atomic mass is 9.58. The minimum absolute atomic E-state index is 0.0897. The number of nitrogens with two attached hydrogens (primary N) is 1. The topological polar surface area (TPSA) is 35.2 Å². The molecule has 2 unspecified atom stereocenters. The number of hydrogen-bond donors (Lipinski definition) is 1. The van der Waals surface area contributed by atoms with Gasteiger partial charge >= 0.3 is 0 Å². The van der Waals surface area contributed by atoms with Crippen LogP contribution in [0.3, 0.4) is 0 Å². The maximum atomic E-state index is 13.9. The summed E-state index contributed by atoms with van der Waals surface area (Å²) in [6, 6.07) is 5.28. The molecule has 110 valence electrons. The lowest BCUT2D eigenvalue weighted by Gasteiger charge is -2.54. The van der Waals surface area contributed by atoms with Gasteiger partial charge in [-0.15, -0.1) is 0 Å². The molecule has 1 aromatic rings. The fourth-order valence-corrected chi connectivity index (χ4v) is 3.88. The quantitative estimate of drug-likeness (QED) is 0.888. The van der Waals surface area contributed by atoms with Gasteiger partial charge in [0.2, 0.25) is 0 Å². The average molecular weight is 277 g/mol. The van der Waals surface area contributed by atoms with E-state index in [1.54, 1.807) is 12.1 Å². The van der Waals surface area contributed by atoms with Gasteiger partial charge in [0.15, 0.2) is 11.6 Å². The Morgan fingerprint density at radius 1 is 1.20 bits per heavy atom. The molecule has 1 spiro atoms. The molecule has 2 aliphatic carbocycles. The minimum atomic E-state index is -0.264. The molecule has 2 nitrogen and oxygen atoms in total. The highest BCUT2D eigenvalue weighted by molar-refractivity contribution is 5.30. The first kappa shape index (κ1) is 13.9. The summed E-state index contributed by atoms with van der Waals surface area (Å²) >= 11 is 0. The highest BCUT2D eigenvalue weighted by Gasteiger charge is 2.54. The zero-order valence-electron chi connectivity index (χ0n) is 12.2. The third kappa shape index (κ3) is 2.32. The van der Waals surface area contributed by atoms with Crippen LogP contribution in [0.15, 0.2) is 18.2 Å². The second-order valence-electron chi connectivity index (χ2n) is 6.53. The van der Waals surface area contributed by atoms with Crippen molar-refractivity contribution in [2.75, 3.05) is 0 Å². The van der Waals surface area contributed by atoms with Crippen LogP contribution >= 0.6 is 0 Å². The monoisotopic (exact) mass is 277 g/mol. The van der Waals surface area contributed by atoms with E-state index >= 15 is 0 Å². The van der Waals surface area contributed by atoms with Crippen LogP contribution in [0.5, 0.6) is 5.75 Å². The van der Waals surface area contributed by atoms with E-state index in [2.05, 4.69) is 0 Å². The van der Waals surface area contributed by atoms with E-state index in [-0.39, 0.29) is 23.4 Å². The van der Waals surface area contributed by atoms with Gasteiger partial charge in [0, 0.05) is 17.9 Å². The first-order valence-electron chi connectivity index (χ1n) is 7.80. The summed E-state index contributed by atoms with van der Waals surface area (Å²) in [4.78, 5) is 0. The fraction of sp³-hybridized carbons (Fsp3) is 0.647. The van der Waals surface area contributed by atoms with Gasteiger partial charge in [0.1, 0.15) is 6.10 Å². The maximum absolute atomic E-state index is 13.9. The van der Waals surface area contributed by atoms with E-state index in [0.717, 1.165) is 24.8 Å². The van der Waals surface area contributed by atoms with Crippen LogP contribution in [0, 0.1) is 18.2 Å². The Hall–Kier alpha value is -1.09. The molecule has 0 aromatic heterocycles. The summed E-state index contributed by atoms with van der Waals surface area (Å²) in [5.74, 6) is 0.130. The number of rotatable bonds is 2. The Labute approximate surface area is 120 Å². The van der Waals surface area contributed by atoms with E-state index in [1.807, 2.05) is 6.92 Å². The molecule has 0 radical (unpaired) electrons. The summed E-state index contributed by atoms with van der Waals surface area (Å²) in [6.07, 6.45) is 8.24. The number of aryl methyl sites for hydroxylation is 1. The summed E-state index contributed by atoms with van der Waals surface area (Å²) in [5, 5.41) is 0. The molecule has 1 aromatic carbocycles. The zero-order valence-corrected chi connectivity index (χ0v) is 12.2. The third-order valence-electron chi connectivity index (χ3n) is 5.24. The maximum Gasteiger partial charge on any atom is 0.165 e. The predicted octanol–water partition coefficient (Wildman–Crippen LogP) is 3.95. The van der Waals surface area contributed by atoms with E-state index in [9.17, 15) is 4.39 Å². The molecule has 20 heavy (non-hydrogen) atoms. The molecule has 0 aliphatic heterocycles. The third-order valence-corrected chi connectivity index (χ3v) is 5.24. The van der Waals surface area contributed by atoms with Crippen molar-refractivity contribution >= 4 is 0 Å². The standard InChI is InChI=1S/C17H24FNO/c1-12-6-7-13(18)14(10-12)20-16-11-15(19)17(16)8-4-2-3-5-9-17/h6-7,10,15-16H,2-5,8-9,11,19H2,1H3. The molecule has 2 fully saturated rings. The summed E-state index contributed by atoms with van der Waals surface area (Å²) in [7, 11) is 0. The van der Waals surface area contributed by atoms with Crippen molar-refractivity contribution in [3.05, 3.63) is 29.6 Å². The van der Waals surface area contributed by atoms with Gasteiger partial charge in [-0.25, -0.2) is 4.39 Å². The molecule has 3 rings (SSSR count). The molecule has 0 saturated heterocycles. The van der Waals surface area contributed by atoms with Crippen molar-refractivity contribution in [3.8, 4) is 5.75 Å². The summed E-state index contributed by atoms with van der Waals surface area (Å²) < 4.78 is 19.9. The van der Waals surface area contributed by atoms with E-state index in [0.29, 0.717) is 5.75 Å². The SMILES string of the molecule is Cc1ccc(F)c(OC2CC(N)C23CCCCCC3)c1. The molecule has 2 aliphatic rings. The van der Waals surface area contributed by atoms with Gasteiger partial charge in [0.05, 0.1) is 0 Å². The normalized spacial score (nSPS) is 28.8. The van der Waals surface area contributed by atoms with Crippen LogP contribution in [0.1, 0.15) is 50.5 Å². The fourth-order valence-electron chi connectivity index (χ4n) is 3.88. The van der Waals surface area contributed by atoms with Gasteiger partial charge in [0.25, 0.3) is 0 Å². The minimum Gasteiger partial charge on any atom is -0.487 e. The Kier molecular flexibility index (Phi) is 3.72. The first-order chi connectivity index (χ1) is 9.62. The van der Waals surface area contributed by atoms with E-state index < -0.39 is 0 Å². The van der Waals surface area contributed by atoms with Crippen molar-refractivity contribution < 1.29 is 9.13 Å². The van der Waals surface area contributed by atoms with Crippen molar-refractivity contribution in [2.45, 2.75) is 64.0 Å². The Balaban J connectivity index is 1.78. The van der Waals surface area contributed by atoms with Crippen molar-refractivity contribution in [2.24, 2.45) is 11.1 Å². The number of benzene rings is 1. The van der Waals surface area contributed by atoms with E-state index in [1.165, 1.54) is 31.7 Å². The molecule has 0 amide bonds. The van der Waals surface area contributed by atoms with Gasteiger partial charge in [-0.3, -0.25) is 0 Å². The molecule has 2 atom stereocenters. The van der Waals surface area contributed by atoms with Gasteiger partial charge in [-0.1, -0.05) is 31.7 Å². The van der Waals surface area contributed by atoms with Crippen LogP contribution in [-0.4, -0.2) is 12.1 Å². The van der Waals surface area contributed by atoms with E-state index in [4.69, 9.17) is 10.5 Å². The molecular formula is C17H24FNO. The summed E-state index contributed by atoms with van der Waals surface area (Å²) in [5.41, 5.74) is 7.41. The number of ether oxygens (including phenoxy) is 1. The lowest BCUT2D eigenvalue weighted by Crippen LogP contribution is -2.63. The lowest BCUT2D eigenvalue weighted by molar-refractivity contribution is -0.0785. The van der Waals surface area contributed by atoms with Crippen LogP contribution in [0.2, 0.25) is 0 Å². The second kappa shape index (κ2) is 5.36. The second-order valence-corrected chi connectivity index (χ2v) is 6.53.